The van der Waals surface area contributed by atoms with E-state index in [1.165, 1.54) is 38.6 Å². The molecule has 4 rings (SSSR count). The minimum Gasteiger partial charge on any atom is -0.342 e. The number of nitrogens with zero attached hydrogens (tertiary/aromatic N) is 3. The van der Waals surface area contributed by atoms with E-state index in [1.807, 2.05) is 0 Å². The van der Waals surface area contributed by atoms with E-state index in [2.05, 4.69) is 39.2 Å². The minimum absolute atomic E-state index is 0.357. The van der Waals surface area contributed by atoms with Gasteiger partial charge in [-0.1, -0.05) is 15.9 Å². The van der Waals surface area contributed by atoms with Gasteiger partial charge < -0.3 is 15.2 Å². The summed E-state index contributed by atoms with van der Waals surface area (Å²) in [7, 11) is 0. The van der Waals surface area contributed by atoms with Crippen LogP contribution in [-0.4, -0.2) is 28.7 Å². The molecule has 2 aliphatic heterocycles. The SMILES string of the molecule is Cc1c(Br)c(C)c2nc(N3CCC(N)CC3)n3c2c1CCC3. The fourth-order valence-corrected chi connectivity index (χ4v) is 4.40. The Hall–Kier alpha value is -1.07. The first-order valence-electron chi connectivity index (χ1n) is 8.26. The van der Waals surface area contributed by atoms with Crippen LogP contribution in [0, 0.1) is 13.8 Å². The summed E-state index contributed by atoms with van der Waals surface area (Å²) >= 11 is 3.77. The van der Waals surface area contributed by atoms with Crippen LogP contribution in [0.1, 0.15) is 36.0 Å². The third-order valence-electron chi connectivity index (χ3n) is 5.33. The molecule has 1 aromatic carbocycles. The monoisotopic (exact) mass is 362 g/mol. The Labute approximate surface area is 139 Å². The summed E-state index contributed by atoms with van der Waals surface area (Å²) in [6.07, 6.45) is 4.50. The maximum atomic E-state index is 6.06. The molecule has 1 saturated heterocycles. The maximum absolute atomic E-state index is 6.06. The minimum atomic E-state index is 0.357. The molecule has 22 heavy (non-hydrogen) atoms. The number of hydrogen-bond acceptors (Lipinski definition) is 3. The Morgan fingerprint density at radius 2 is 1.86 bits per heavy atom. The van der Waals surface area contributed by atoms with E-state index in [1.54, 1.807) is 0 Å². The number of rotatable bonds is 1. The highest BCUT2D eigenvalue weighted by Crippen LogP contribution is 2.38. The van der Waals surface area contributed by atoms with E-state index in [0.717, 1.165) is 44.8 Å². The van der Waals surface area contributed by atoms with Crippen molar-refractivity contribution in [2.24, 2.45) is 5.73 Å². The third-order valence-corrected chi connectivity index (χ3v) is 6.52. The summed E-state index contributed by atoms with van der Waals surface area (Å²) in [4.78, 5) is 7.48. The molecular weight excluding hydrogens is 340 g/mol. The smallest absolute Gasteiger partial charge is 0.206 e. The molecule has 2 aliphatic rings. The topological polar surface area (TPSA) is 47.1 Å². The van der Waals surface area contributed by atoms with Crippen molar-refractivity contribution in [1.29, 1.82) is 0 Å². The van der Waals surface area contributed by atoms with Crippen molar-refractivity contribution in [2.75, 3.05) is 18.0 Å². The number of halogens is 1. The van der Waals surface area contributed by atoms with Crippen LogP contribution in [0.25, 0.3) is 11.0 Å². The molecule has 1 aromatic heterocycles. The number of anilines is 1. The molecule has 5 heteroatoms. The van der Waals surface area contributed by atoms with Gasteiger partial charge >= 0.3 is 0 Å². The molecule has 0 aliphatic carbocycles. The lowest BCUT2D eigenvalue weighted by atomic mass is 9.97. The lowest BCUT2D eigenvalue weighted by Crippen LogP contribution is -2.41. The van der Waals surface area contributed by atoms with Crippen molar-refractivity contribution >= 4 is 32.9 Å². The number of nitrogens with two attached hydrogens (primary N) is 1. The first-order chi connectivity index (χ1) is 10.6. The predicted octanol–water partition coefficient (Wildman–Crippen LogP) is 3.29. The molecule has 2 aromatic rings. The Bertz CT molecular complexity index is 741. The van der Waals surface area contributed by atoms with Crippen LogP contribution in [0.5, 0.6) is 0 Å². The zero-order valence-corrected chi connectivity index (χ0v) is 14.9. The van der Waals surface area contributed by atoms with Crippen molar-refractivity contribution in [3.05, 3.63) is 21.2 Å². The maximum Gasteiger partial charge on any atom is 0.206 e. The van der Waals surface area contributed by atoms with E-state index < -0.39 is 0 Å². The fraction of sp³-hybridized carbons (Fsp3) is 0.588. The fourth-order valence-electron chi connectivity index (χ4n) is 3.98. The van der Waals surface area contributed by atoms with E-state index in [9.17, 15) is 0 Å². The van der Waals surface area contributed by atoms with Crippen LogP contribution in [0.4, 0.5) is 5.95 Å². The summed E-state index contributed by atoms with van der Waals surface area (Å²) in [5.41, 5.74) is 12.7. The number of imidazole rings is 1. The van der Waals surface area contributed by atoms with Crippen molar-refractivity contribution in [3.8, 4) is 0 Å². The molecule has 0 radical (unpaired) electrons. The molecule has 0 atom stereocenters. The first-order valence-corrected chi connectivity index (χ1v) is 9.05. The predicted molar refractivity (Wildman–Crippen MR) is 94.7 cm³/mol. The summed E-state index contributed by atoms with van der Waals surface area (Å²) < 4.78 is 3.69. The summed E-state index contributed by atoms with van der Waals surface area (Å²) in [6, 6.07) is 0.357. The van der Waals surface area contributed by atoms with Crippen LogP contribution in [0.15, 0.2) is 4.47 Å². The Kier molecular flexibility index (Phi) is 3.46. The summed E-state index contributed by atoms with van der Waals surface area (Å²) in [5, 5.41) is 0. The second kappa shape index (κ2) is 5.24. The van der Waals surface area contributed by atoms with Crippen molar-refractivity contribution in [3.63, 3.8) is 0 Å². The van der Waals surface area contributed by atoms with Gasteiger partial charge in [0.25, 0.3) is 0 Å². The van der Waals surface area contributed by atoms with Gasteiger partial charge in [-0.2, -0.15) is 0 Å². The normalized spacial score (nSPS) is 19.2. The number of aromatic nitrogens is 2. The highest BCUT2D eigenvalue weighted by Gasteiger charge is 2.27. The van der Waals surface area contributed by atoms with Gasteiger partial charge in [0, 0.05) is 30.1 Å². The highest BCUT2D eigenvalue weighted by molar-refractivity contribution is 9.10. The molecule has 1 fully saturated rings. The zero-order chi connectivity index (χ0) is 15.4. The standard InChI is InChI=1S/C17H23BrN4/c1-10-13-4-3-7-22-16(13)15(11(2)14(10)18)20-17(22)21-8-5-12(19)6-9-21/h12H,3-9,19H2,1-2H3. The van der Waals surface area contributed by atoms with Gasteiger partial charge in [0.05, 0.1) is 11.0 Å². The quantitative estimate of drug-likeness (QED) is 0.846. The molecular formula is C17H23BrN4. The lowest BCUT2D eigenvalue weighted by molar-refractivity contribution is 0.487. The molecule has 0 saturated carbocycles. The van der Waals surface area contributed by atoms with Crippen LogP contribution < -0.4 is 10.6 Å². The van der Waals surface area contributed by atoms with E-state index in [4.69, 9.17) is 10.7 Å². The molecule has 0 spiro atoms. The molecule has 118 valence electrons. The lowest BCUT2D eigenvalue weighted by Gasteiger charge is -2.32. The second-order valence-corrected chi connectivity index (χ2v) is 7.52. The van der Waals surface area contributed by atoms with E-state index >= 15 is 0 Å². The van der Waals surface area contributed by atoms with Crippen LogP contribution >= 0.6 is 15.9 Å². The molecule has 3 heterocycles. The highest BCUT2D eigenvalue weighted by atomic mass is 79.9. The van der Waals surface area contributed by atoms with Crippen LogP contribution in [0.2, 0.25) is 0 Å². The van der Waals surface area contributed by atoms with Gasteiger partial charge in [0.1, 0.15) is 0 Å². The van der Waals surface area contributed by atoms with E-state index in [0.29, 0.717) is 6.04 Å². The number of piperidine rings is 1. The van der Waals surface area contributed by atoms with Crippen LogP contribution in [-0.2, 0) is 13.0 Å². The summed E-state index contributed by atoms with van der Waals surface area (Å²) in [6.45, 7) is 7.55. The third kappa shape index (κ3) is 2.02. The van der Waals surface area contributed by atoms with Gasteiger partial charge in [-0.25, -0.2) is 4.98 Å². The van der Waals surface area contributed by atoms with Crippen molar-refractivity contribution in [1.82, 2.24) is 9.55 Å². The molecule has 0 amide bonds. The Balaban J connectivity index is 1.91. The number of aryl methyl sites for hydroxylation is 3. The van der Waals surface area contributed by atoms with Crippen LogP contribution in [0.3, 0.4) is 0 Å². The molecule has 4 nitrogen and oxygen atoms in total. The van der Waals surface area contributed by atoms with Crippen molar-refractivity contribution in [2.45, 2.75) is 52.1 Å². The van der Waals surface area contributed by atoms with Gasteiger partial charge in [-0.3, -0.25) is 0 Å². The van der Waals surface area contributed by atoms with E-state index in [-0.39, 0.29) is 0 Å². The second-order valence-electron chi connectivity index (χ2n) is 6.73. The molecule has 2 N–H and O–H groups in total. The largest absolute Gasteiger partial charge is 0.342 e. The van der Waals surface area contributed by atoms with Gasteiger partial charge in [0.2, 0.25) is 5.95 Å². The first kappa shape index (κ1) is 14.5. The molecule has 0 unspecified atom stereocenters. The number of benzene rings is 1. The number of hydrogen-bond donors (Lipinski definition) is 1. The molecule has 0 bridgehead atoms. The average molecular weight is 363 g/mol. The van der Waals surface area contributed by atoms with Gasteiger partial charge in [-0.15, -0.1) is 0 Å². The van der Waals surface area contributed by atoms with Crippen molar-refractivity contribution < 1.29 is 0 Å². The zero-order valence-electron chi connectivity index (χ0n) is 13.3. The average Bonchev–Trinajstić information content (AvgIpc) is 2.92. The van der Waals surface area contributed by atoms with Gasteiger partial charge in [-0.05, 0) is 56.2 Å². The Morgan fingerprint density at radius 1 is 1.14 bits per heavy atom. The Morgan fingerprint density at radius 3 is 2.59 bits per heavy atom. The summed E-state index contributed by atoms with van der Waals surface area (Å²) in [5.74, 6) is 1.16. The van der Waals surface area contributed by atoms with Gasteiger partial charge in [0.15, 0.2) is 0 Å².